The van der Waals surface area contributed by atoms with Gasteiger partial charge in [-0.25, -0.2) is 4.98 Å². The Kier molecular flexibility index (Phi) is 4.33. The fourth-order valence-corrected chi connectivity index (χ4v) is 3.09. The Balaban J connectivity index is 1.69. The third kappa shape index (κ3) is 3.26. The van der Waals surface area contributed by atoms with Crippen LogP contribution in [0.1, 0.15) is 24.8 Å². The van der Waals surface area contributed by atoms with Crippen LogP contribution in [0.15, 0.2) is 18.3 Å². The van der Waals surface area contributed by atoms with Gasteiger partial charge < -0.3 is 9.47 Å². The van der Waals surface area contributed by atoms with E-state index in [4.69, 9.17) is 21.1 Å². The molecule has 2 aliphatic rings. The Morgan fingerprint density at radius 3 is 2.95 bits per heavy atom. The lowest BCUT2D eigenvalue weighted by atomic mass is 10.0. The van der Waals surface area contributed by atoms with E-state index >= 15 is 0 Å². The fourth-order valence-electron chi connectivity index (χ4n) is 2.90. The van der Waals surface area contributed by atoms with Crippen molar-refractivity contribution in [1.29, 1.82) is 0 Å². The topological polar surface area (TPSA) is 34.6 Å². The van der Waals surface area contributed by atoms with Crippen LogP contribution in [0.5, 0.6) is 0 Å². The van der Waals surface area contributed by atoms with Crippen molar-refractivity contribution in [3.63, 3.8) is 0 Å². The summed E-state index contributed by atoms with van der Waals surface area (Å²) in [6, 6.07) is 4.32. The zero-order valence-corrected chi connectivity index (χ0v) is 11.7. The molecule has 4 nitrogen and oxygen atoms in total. The normalized spacial score (nSPS) is 25.8. The first kappa shape index (κ1) is 13.3. The smallest absolute Gasteiger partial charge is 0.173 e. The second-order valence-corrected chi connectivity index (χ2v) is 5.52. The first-order chi connectivity index (χ1) is 9.33. The maximum Gasteiger partial charge on any atom is 0.173 e. The molecule has 1 unspecified atom stereocenters. The van der Waals surface area contributed by atoms with Crippen LogP contribution in [0, 0.1) is 0 Å². The van der Waals surface area contributed by atoms with Crippen LogP contribution in [-0.4, -0.2) is 42.0 Å². The molecule has 0 aromatic carbocycles. The molecular formula is C14H19ClN2O2. The van der Waals surface area contributed by atoms with Gasteiger partial charge >= 0.3 is 0 Å². The van der Waals surface area contributed by atoms with E-state index in [1.165, 1.54) is 18.4 Å². The molecule has 0 bridgehead atoms. The van der Waals surface area contributed by atoms with Gasteiger partial charge in [-0.1, -0.05) is 18.0 Å². The molecule has 19 heavy (non-hydrogen) atoms. The maximum absolute atomic E-state index is 5.95. The van der Waals surface area contributed by atoms with E-state index in [0.717, 1.165) is 32.7 Å². The number of hydrogen-bond acceptors (Lipinski definition) is 4. The molecule has 1 atom stereocenters. The largest absolute Gasteiger partial charge is 0.349 e. The second-order valence-electron chi connectivity index (χ2n) is 5.13. The third-order valence-corrected chi connectivity index (χ3v) is 4.01. The third-order valence-electron chi connectivity index (χ3n) is 3.80. The van der Waals surface area contributed by atoms with Crippen LogP contribution in [-0.2, 0) is 16.0 Å². The molecule has 2 saturated heterocycles. The molecule has 3 rings (SSSR count). The summed E-state index contributed by atoms with van der Waals surface area (Å²) in [6.07, 6.45) is 5.34. The number of nitrogens with zero attached hydrogens (tertiary/aromatic N) is 2. The van der Waals surface area contributed by atoms with Gasteiger partial charge in [0.05, 0.1) is 19.3 Å². The van der Waals surface area contributed by atoms with Gasteiger partial charge in [0.25, 0.3) is 0 Å². The van der Waals surface area contributed by atoms with E-state index in [0.29, 0.717) is 11.2 Å². The molecule has 0 N–H and O–H groups in total. The maximum atomic E-state index is 5.95. The van der Waals surface area contributed by atoms with Crippen molar-refractivity contribution in [3.8, 4) is 0 Å². The van der Waals surface area contributed by atoms with E-state index in [1.54, 1.807) is 6.20 Å². The summed E-state index contributed by atoms with van der Waals surface area (Å²) >= 11 is 5.95. The first-order valence-electron chi connectivity index (χ1n) is 6.90. The van der Waals surface area contributed by atoms with Crippen molar-refractivity contribution in [2.75, 3.05) is 19.8 Å². The van der Waals surface area contributed by atoms with Crippen LogP contribution in [0.25, 0.3) is 0 Å². The van der Waals surface area contributed by atoms with Crippen molar-refractivity contribution in [3.05, 3.63) is 29.0 Å². The highest BCUT2D eigenvalue weighted by Gasteiger charge is 2.33. The summed E-state index contributed by atoms with van der Waals surface area (Å²) in [4.78, 5) is 6.48. The van der Waals surface area contributed by atoms with Crippen molar-refractivity contribution in [2.24, 2.45) is 0 Å². The van der Waals surface area contributed by atoms with Crippen molar-refractivity contribution in [1.82, 2.24) is 9.88 Å². The summed E-state index contributed by atoms with van der Waals surface area (Å²) in [7, 11) is 0. The molecule has 0 radical (unpaired) electrons. The number of rotatable bonds is 3. The van der Waals surface area contributed by atoms with Gasteiger partial charge in [-0.05, 0) is 37.1 Å². The summed E-state index contributed by atoms with van der Waals surface area (Å²) in [5.41, 5.74) is 1.20. The molecule has 104 valence electrons. The predicted octanol–water partition coefficient (Wildman–Crippen LogP) is 2.46. The minimum absolute atomic E-state index is 0.0578. The second kappa shape index (κ2) is 6.18. The van der Waals surface area contributed by atoms with Crippen LogP contribution < -0.4 is 0 Å². The van der Waals surface area contributed by atoms with Gasteiger partial charge in [0.1, 0.15) is 5.15 Å². The molecule has 2 aliphatic heterocycles. The summed E-state index contributed by atoms with van der Waals surface area (Å²) in [6.45, 7) is 3.41. The molecule has 0 amide bonds. The highest BCUT2D eigenvalue weighted by Crippen LogP contribution is 2.26. The lowest BCUT2D eigenvalue weighted by Crippen LogP contribution is -2.46. The van der Waals surface area contributed by atoms with Gasteiger partial charge in [0.2, 0.25) is 0 Å². The van der Waals surface area contributed by atoms with Crippen molar-refractivity contribution >= 4 is 11.6 Å². The van der Waals surface area contributed by atoms with E-state index in [2.05, 4.69) is 9.88 Å². The van der Waals surface area contributed by atoms with Crippen LogP contribution in [0.4, 0.5) is 0 Å². The van der Waals surface area contributed by atoms with E-state index < -0.39 is 0 Å². The lowest BCUT2D eigenvalue weighted by Gasteiger charge is -2.38. The number of pyridine rings is 1. The molecule has 0 saturated carbocycles. The SMILES string of the molecule is Clc1cc(CN2CCCCC2C2OCCO2)ccn1. The Morgan fingerprint density at radius 2 is 2.16 bits per heavy atom. The van der Waals surface area contributed by atoms with E-state index in [1.807, 2.05) is 12.1 Å². The van der Waals surface area contributed by atoms with Gasteiger partial charge in [-0.2, -0.15) is 0 Å². The Bertz CT molecular complexity index is 424. The van der Waals surface area contributed by atoms with Crippen molar-refractivity contribution in [2.45, 2.75) is 38.1 Å². The van der Waals surface area contributed by atoms with Crippen LogP contribution in [0.2, 0.25) is 5.15 Å². The zero-order valence-electron chi connectivity index (χ0n) is 10.9. The highest BCUT2D eigenvalue weighted by molar-refractivity contribution is 6.29. The summed E-state index contributed by atoms with van der Waals surface area (Å²) in [5, 5.41) is 0.555. The van der Waals surface area contributed by atoms with Gasteiger partial charge in [-0.15, -0.1) is 0 Å². The number of hydrogen-bond donors (Lipinski definition) is 0. The average Bonchev–Trinajstić information content (AvgIpc) is 2.93. The number of piperidine rings is 1. The molecule has 0 spiro atoms. The quantitative estimate of drug-likeness (QED) is 0.798. The summed E-state index contributed by atoms with van der Waals surface area (Å²) in [5.74, 6) is 0. The van der Waals surface area contributed by atoms with E-state index in [9.17, 15) is 0 Å². The predicted molar refractivity (Wildman–Crippen MR) is 73.0 cm³/mol. The number of aromatic nitrogens is 1. The fraction of sp³-hybridized carbons (Fsp3) is 0.643. The summed E-state index contributed by atoms with van der Waals surface area (Å²) < 4.78 is 11.4. The van der Waals surface area contributed by atoms with Gasteiger partial charge in [0, 0.05) is 12.7 Å². The molecule has 1 aromatic heterocycles. The van der Waals surface area contributed by atoms with Gasteiger partial charge in [0.15, 0.2) is 6.29 Å². The molecular weight excluding hydrogens is 264 g/mol. The van der Waals surface area contributed by atoms with Crippen molar-refractivity contribution < 1.29 is 9.47 Å². The minimum atomic E-state index is -0.0578. The van der Waals surface area contributed by atoms with E-state index in [-0.39, 0.29) is 6.29 Å². The number of ether oxygens (including phenoxy) is 2. The Hall–Kier alpha value is -0.680. The molecule has 3 heterocycles. The zero-order chi connectivity index (χ0) is 13.1. The van der Waals surface area contributed by atoms with Gasteiger partial charge in [-0.3, -0.25) is 4.90 Å². The molecule has 2 fully saturated rings. The Labute approximate surface area is 118 Å². The van der Waals surface area contributed by atoms with Crippen LogP contribution in [0.3, 0.4) is 0 Å². The lowest BCUT2D eigenvalue weighted by molar-refractivity contribution is -0.111. The molecule has 0 aliphatic carbocycles. The van der Waals surface area contributed by atoms with Crippen LogP contribution >= 0.6 is 11.6 Å². The standard InChI is InChI=1S/C14H19ClN2O2/c15-13-9-11(4-5-16-13)10-17-6-2-1-3-12(17)14-18-7-8-19-14/h4-5,9,12,14H,1-3,6-8,10H2. The molecule has 5 heteroatoms. The minimum Gasteiger partial charge on any atom is -0.349 e. The molecule has 1 aromatic rings. The average molecular weight is 283 g/mol. The number of halogens is 1. The monoisotopic (exact) mass is 282 g/mol. The number of likely N-dealkylation sites (tertiary alicyclic amines) is 1. The highest BCUT2D eigenvalue weighted by atomic mass is 35.5. The first-order valence-corrected chi connectivity index (χ1v) is 7.28. The Morgan fingerprint density at radius 1 is 1.32 bits per heavy atom.